The molecule has 0 aliphatic carbocycles. The van der Waals surface area contributed by atoms with Crippen LogP contribution in [-0.4, -0.2) is 4.57 Å². The quantitative estimate of drug-likeness (QED) is 0.477. The molecule has 98 valence electrons. The Balaban J connectivity index is 1.99. The third kappa shape index (κ3) is 5.71. The van der Waals surface area contributed by atoms with Crippen molar-refractivity contribution in [2.45, 2.75) is 64.8 Å². The van der Waals surface area contributed by atoms with Gasteiger partial charge in [0.15, 0.2) is 0 Å². The summed E-state index contributed by atoms with van der Waals surface area (Å²) in [5.41, 5.74) is 0. The number of imidazole rings is 1. The van der Waals surface area contributed by atoms with Crippen molar-refractivity contribution in [3.8, 4) is 0 Å². The van der Waals surface area contributed by atoms with Crippen molar-refractivity contribution in [1.29, 1.82) is 0 Å². The Morgan fingerprint density at radius 2 is 1.65 bits per heavy atom. The van der Waals surface area contributed by atoms with Gasteiger partial charge >= 0.3 is 4.73 Å². The van der Waals surface area contributed by atoms with E-state index in [1.807, 2.05) is 0 Å². The molecule has 3 heteroatoms. The summed E-state index contributed by atoms with van der Waals surface area (Å²) >= 11 is 3.59. The van der Waals surface area contributed by atoms with Crippen LogP contribution in [0.4, 0.5) is 0 Å². The minimum Gasteiger partial charge on any atom is -0.227 e. The van der Waals surface area contributed by atoms with Gasteiger partial charge < -0.3 is 0 Å². The van der Waals surface area contributed by atoms with E-state index in [2.05, 4.69) is 51.4 Å². The SMILES string of the molecule is CCCCCCCCCCn1cc[n+](C)c1Br. The van der Waals surface area contributed by atoms with Crippen molar-refractivity contribution in [2.75, 3.05) is 0 Å². The molecule has 0 aliphatic rings. The van der Waals surface area contributed by atoms with Crippen molar-refractivity contribution < 1.29 is 4.57 Å². The molecule has 0 aliphatic heterocycles. The summed E-state index contributed by atoms with van der Waals surface area (Å²) in [5.74, 6) is 0. The molecule has 1 rings (SSSR count). The predicted octanol–water partition coefficient (Wildman–Crippen LogP) is 4.22. The monoisotopic (exact) mass is 301 g/mol. The molecule has 0 amide bonds. The smallest absolute Gasteiger partial charge is 0.227 e. The zero-order valence-electron chi connectivity index (χ0n) is 11.3. The molecule has 0 fully saturated rings. The molecule has 1 aromatic heterocycles. The number of hydrogen-bond acceptors (Lipinski definition) is 0. The molecule has 0 bridgehead atoms. The average molecular weight is 302 g/mol. The molecule has 0 unspecified atom stereocenters. The van der Waals surface area contributed by atoms with E-state index in [-0.39, 0.29) is 0 Å². The Kier molecular flexibility index (Phi) is 7.58. The molecule has 0 saturated heterocycles. The summed E-state index contributed by atoms with van der Waals surface area (Å²) < 4.78 is 5.54. The lowest BCUT2D eigenvalue weighted by Gasteiger charge is -2.01. The Morgan fingerprint density at radius 1 is 1.06 bits per heavy atom. The molecular weight excluding hydrogens is 276 g/mol. The first-order valence-corrected chi connectivity index (χ1v) is 7.75. The highest BCUT2D eigenvalue weighted by Crippen LogP contribution is 2.10. The fourth-order valence-corrected chi connectivity index (χ4v) is 2.50. The predicted molar refractivity (Wildman–Crippen MR) is 75.9 cm³/mol. The zero-order chi connectivity index (χ0) is 12.5. The largest absolute Gasteiger partial charge is 0.324 e. The maximum absolute atomic E-state index is 3.59. The van der Waals surface area contributed by atoms with Gasteiger partial charge in [-0.05, 0) is 12.8 Å². The van der Waals surface area contributed by atoms with E-state index in [0.29, 0.717) is 0 Å². The van der Waals surface area contributed by atoms with Crippen LogP contribution < -0.4 is 4.57 Å². The van der Waals surface area contributed by atoms with Crippen LogP contribution in [-0.2, 0) is 13.6 Å². The van der Waals surface area contributed by atoms with Gasteiger partial charge in [0.05, 0.1) is 13.6 Å². The first-order valence-electron chi connectivity index (χ1n) is 6.96. The lowest BCUT2D eigenvalue weighted by atomic mass is 10.1. The lowest BCUT2D eigenvalue weighted by Crippen LogP contribution is -2.27. The van der Waals surface area contributed by atoms with Gasteiger partial charge in [-0.2, -0.15) is 0 Å². The summed E-state index contributed by atoms with van der Waals surface area (Å²) in [4.78, 5) is 0. The van der Waals surface area contributed by atoms with Gasteiger partial charge in [0.1, 0.15) is 12.4 Å². The van der Waals surface area contributed by atoms with E-state index >= 15 is 0 Å². The Labute approximate surface area is 114 Å². The first-order chi connectivity index (χ1) is 8.25. The van der Waals surface area contributed by atoms with E-state index < -0.39 is 0 Å². The van der Waals surface area contributed by atoms with Crippen molar-refractivity contribution in [3.63, 3.8) is 0 Å². The molecule has 0 atom stereocenters. The number of rotatable bonds is 9. The van der Waals surface area contributed by atoms with Crippen LogP contribution in [0.3, 0.4) is 0 Å². The van der Waals surface area contributed by atoms with Crippen molar-refractivity contribution in [2.24, 2.45) is 7.05 Å². The van der Waals surface area contributed by atoms with Crippen LogP contribution in [0.25, 0.3) is 0 Å². The maximum Gasteiger partial charge on any atom is 0.324 e. The molecule has 0 N–H and O–H groups in total. The molecule has 0 radical (unpaired) electrons. The Hall–Kier alpha value is -0.310. The van der Waals surface area contributed by atoms with E-state index in [0.717, 1.165) is 6.54 Å². The first kappa shape index (κ1) is 14.7. The van der Waals surface area contributed by atoms with Crippen LogP contribution in [0.15, 0.2) is 17.1 Å². The molecule has 0 spiro atoms. The Bertz CT molecular complexity index is 307. The number of unbranched alkanes of at least 4 members (excludes halogenated alkanes) is 7. The second-order valence-electron chi connectivity index (χ2n) is 4.85. The van der Waals surface area contributed by atoms with Crippen LogP contribution in [0, 0.1) is 0 Å². The fourth-order valence-electron chi connectivity index (χ4n) is 2.09. The van der Waals surface area contributed by atoms with Gasteiger partial charge in [-0.15, -0.1) is 0 Å². The highest BCUT2D eigenvalue weighted by molar-refractivity contribution is 9.10. The summed E-state index contributed by atoms with van der Waals surface area (Å²) in [6.45, 7) is 3.41. The van der Waals surface area contributed by atoms with E-state index in [9.17, 15) is 0 Å². The third-order valence-corrected chi connectivity index (χ3v) is 4.27. The van der Waals surface area contributed by atoms with Crippen LogP contribution in [0.5, 0.6) is 0 Å². The van der Waals surface area contributed by atoms with E-state index in [4.69, 9.17) is 0 Å². The molecular formula is C14H26BrN2+. The topological polar surface area (TPSA) is 8.81 Å². The second kappa shape index (κ2) is 8.73. The number of nitrogens with zero attached hydrogens (tertiary/aromatic N) is 2. The summed E-state index contributed by atoms with van der Waals surface area (Å²) in [6.07, 6.45) is 15.3. The number of aromatic nitrogens is 2. The fraction of sp³-hybridized carbons (Fsp3) is 0.786. The van der Waals surface area contributed by atoms with Crippen molar-refractivity contribution in [3.05, 3.63) is 17.1 Å². The number of aryl methyl sites for hydroxylation is 2. The summed E-state index contributed by atoms with van der Waals surface area (Å²) in [7, 11) is 2.06. The van der Waals surface area contributed by atoms with E-state index in [1.54, 1.807) is 0 Å². The zero-order valence-corrected chi connectivity index (χ0v) is 12.9. The maximum atomic E-state index is 3.59. The van der Waals surface area contributed by atoms with Crippen molar-refractivity contribution in [1.82, 2.24) is 4.57 Å². The molecule has 0 saturated carbocycles. The highest BCUT2D eigenvalue weighted by Gasteiger charge is 2.09. The van der Waals surface area contributed by atoms with Gasteiger partial charge in [0.2, 0.25) is 0 Å². The van der Waals surface area contributed by atoms with Gasteiger partial charge in [-0.3, -0.25) is 0 Å². The molecule has 0 aromatic carbocycles. The van der Waals surface area contributed by atoms with Gasteiger partial charge in [-0.1, -0.05) is 45.4 Å². The second-order valence-corrected chi connectivity index (χ2v) is 5.56. The number of hydrogen-bond donors (Lipinski definition) is 0. The minimum absolute atomic E-state index is 1.14. The molecule has 2 nitrogen and oxygen atoms in total. The lowest BCUT2D eigenvalue weighted by molar-refractivity contribution is -0.682. The minimum atomic E-state index is 1.14. The molecule has 1 heterocycles. The average Bonchev–Trinajstić information content (AvgIpc) is 2.64. The van der Waals surface area contributed by atoms with Gasteiger partial charge in [0.25, 0.3) is 0 Å². The van der Waals surface area contributed by atoms with E-state index in [1.165, 1.54) is 56.1 Å². The molecule has 1 aromatic rings. The van der Waals surface area contributed by atoms with Crippen LogP contribution >= 0.6 is 15.9 Å². The van der Waals surface area contributed by atoms with Crippen LogP contribution in [0.2, 0.25) is 0 Å². The summed E-state index contributed by atoms with van der Waals surface area (Å²) in [5, 5.41) is 0. The normalized spacial score (nSPS) is 11.0. The Morgan fingerprint density at radius 3 is 2.18 bits per heavy atom. The third-order valence-electron chi connectivity index (χ3n) is 3.25. The highest BCUT2D eigenvalue weighted by atomic mass is 79.9. The molecule has 17 heavy (non-hydrogen) atoms. The van der Waals surface area contributed by atoms with Gasteiger partial charge in [0, 0.05) is 15.9 Å². The van der Waals surface area contributed by atoms with Gasteiger partial charge in [-0.25, -0.2) is 9.13 Å². The number of halogens is 1. The van der Waals surface area contributed by atoms with Crippen molar-refractivity contribution >= 4 is 15.9 Å². The summed E-state index contributed by atoms with van der Waals surface area (Å²) in [6, 6.07) is 0. The standard InChI is InChI=1S/C14H26BrN2/c1-3-4-5-6-7-8-9-10-11-17-13-12-16(2)14(17)15/h12-13H,3-11H2,1-2H3/q+1. The van der Waals surface area contributed by atoms with Crippen LogP contribution in [0.1, 0.15) is 58.3 Å².